The highest BCUT2D eigenvalue weighted by atomic mass is 79.9. The van der Waals surface area contributed by atoms with Gasteiger partial charge in [-0.05, 0) is 32.0 Å². The number of halogens is 2. The van der Waals surface area contributed by atoms with Crippen LogP contribution >= 0.6 is 15.9 Å². The molecule has 88 valence electrons. The number of amides is 1. The lowest BCUT2D eigenvalue weighted by molar-refractivity contribution is -0.123. The number of carbonyl (C=O) groups is 1. The molecule has 3 nitrogen and oxygen atoms in total. The first kappa shape index (κ1) is 13.0. The van der Waals surface area contributed by atoms with Crippen molar-refractivity contribution >= 4 is 21.8 Å². The van der Waals surface area contributed by atoms with Crippen molar-refractivity contribution in [1.82, 2.24) is 5.32 Å². The molecule has 0 radical (unpaired) electrons. The molecule has 5 heteroatoms. The Morgan fingerprint density at radius 1 is 1.56 bits per heavy atom. The Labute approximate surface area is 102 Å². The fourth-order valence-corrected chi connectivity index (χ4v) is 1.43. The second kappa shape index (κ2) is 5.84. The molecule has 0 aliphatic carbocycles. The van der Waals surface area contributed by atoms with E-state index >= 15 is 0 Å². The molecule has 1 N–H and O–H groups in total. The zero-order valence-electron chi connectivity index (χ0n) is 9.09. The monoisotopic (exact) mass is 289 g/mol. The third kappa shape index (κ3) is 4.18. The minimum atomic E-state index is -0.486. The van der Waals surface area contributed by atoms with E-state index in [0.29, 0.717) is 4.47 Å². The molecule has 1 aromatic rings. The standard InChI is InChI=1S/C11H13BrFNO2/c1-7(2)14-11(15)6-16-10-5-8(12)3-4-9(10)13/h3-5,7H,6H2,1-2H3,(H,14,15). The molecular formula is C11H13BrFNO2. The fourth-order valence-electron chi connectivity index (χ4n) is 1.09. The van der Waals surface area contributed by atoms with Crippen molar-refractivity contribution in [1.29, 1.82) is 0 Å². The van der Waals surface area contributed by atoms with E-state index in [-0.39, 0.29) is 24.3 Å². The molecule has 1 amide bonds. The lowest BCUT2D eigenvalue weighted by atomic mass is 10.3. The average Bonchev–Trinajstić information content (AvgIpc) is 2.18. The van der Waals surface area contributed by atoms with Crippen LogP contribution < -0.4 is 10.1 Å². The summed E-state index contributed by atoms with van der Waals surface area (Å²) in [6.07, 6.45) is 0. The van der Waals surface area contributed by atoms with Crippen LogP contribution in [-0.4, -0.2) is 18.6 Å². The summed E-state index contributed by atoms with van der Waals surface area (Å²) in [5.41, 5.74) is 0. The molecule has 0 heterocycles. The zero-order chi connectivity index (χ0) is 12.1. The predicted octanol–water partition coefficient (Wildman–Crippen LogP) is 2.49. The molecule has 0 aliphatic heterocycles. The predicted molar refractivity (Wildman–Crippen MR) is 62.9 cm³/mol. The van der Waals surface area contributed by atoms with Gasteiger partial charge in [0.1, 0.15) is 0 Å². The minimum Gasteiger partial charge on any atom is -0.481 e. The Bertz CT molecular complexity index is 382. The summed E-state index contributed by atoms with van der Waals surface area (Å²) < 4.78 is 19.0. The van der Waals surface area contributed by atoms with Crippen LogP contribution in [0.3, 0.4) is 0 Å². The van der Waals surface area contributed by atoms with E-state index in [1.165, 1.54) is 12.1 Å². The van der Waals surface area contributed by atoms with Crippen LogP contribution in [0.15, 0.2) is 22.7 Å². The first-order valence-corrected chi connectivity index (χ1v) is 5.65. The van der Waals surface area contributed by atoms with Crippen molar-refractivity contribution in [2.45, 2.75) is 19.9 Å². The smallest absolute Gasteiger partial charge is 0.258 e. The fraction of sp³-hybridized carbons (Fsp3) is 0.364. The van der Waals surface area contributed by atoms with E-state index in [4.69, 9.17) is 4.74 Å². The molecule has 16 heavy (non-hydrogen) atoms. The van der Waals surface area contributed by atoms with Crippen LogP contribution in [0.1, 0.15) is 13.8 Å². The molecule has 1 rings (SSSR count). The Morgan fingerprint density at radius 2 is 2.25 bits per heavy atom. The summed E-state index contributed by atoms with van der Waals surface area (Å²) >= 11 is 3.20. The highest BCUT2D eigenvalue weighted by Gasteiger charge is 2.08. The number of rotatable bonds is 4. The van der Waals surface area contributed by atoms with Crippen molar-refractivity contribution in [3.63, 3.8) is 0 Å². The first-order chi connectivity index (χ1) is 7.49. The van der Waals surface area contributed by atoms with E-state index in [1.54, 1.807) is 6.07 Å². The van der Waals surface area contributed by atoms with Crippen LogP contribution in [-0.2, 0) is 4.79 Å². The highest BCUT2D eigenvalue weighted by Crippen LogP contribution is 2.21. The van der Waals surface area contributed by atoms with Gasteiger partial charge in [0.05, 0.1) is 0 Å². The third-order valence-corrected chi connectivity index (χ3v) is 2.19. The van der Waals surface area contributed by atoms with Gasteiger partial charge in [0, 0.05) is 10.5 Å². The van der Waals surface area contributed by atoms with Crippen molar-refractivity contribution in [3.05, 3.63) is 28.5 Å². The largest absolute Gasteiger partial charge is 0.481 e. The minimum absolute atomic E-state index is 0.0449. The van der Waals surface area contributed by atoms with Crippen LogP contribution in [0.5, 0.6) is 5.75 Å². The van der Waals surface area contributed by atoms with E-state index in [0.717, 1.165) is 0 Å². The van der Waals surface area contributed by atoms with Gasteiger partial charge in [0.15, 0.2) is 18.2 Å². The van der Waals surface area contributed by atoms with Gasteiger partial charge in [-0.2, -0.15) is 0 Å². The maximum atomic E-state index is 13.2. The summed E-state index contributed by atoms with van der Waals surface area (Å²) in [5.74, 6) is -0.691. The number of hydrogen-bond acceptors (Lipinski definition) is 2. The maximum absolute atomic E-state index is 13.2. The number of benzene rings is 1. The van der Waals surface area contributed by atoms with Gasteiger partial charge in [-0.25, -0.2) is 4.39 Å². The molecule has 0 unspecified atom stereocenters. The van der Waals surface area contributed by atoms with Crippen molar-refractivity contribution in [2.24, 2.45) is 0 Å². The van der Waals surface area contributed by atoms with E-state index in [2.05, 4.69) is 21.2 Å². The number of ether oxygens (including phenoxy) is 1. The van der Waals surface area contributed by atoms with Gasteiger partial charge < -0.3 is 10.1 Å². The van der Waals surface area contributed by atoms with Crippen LogP contribution in [0.4, 0.5) is 4.39 Å². The van der Waals surface area contributed by atoms with Gasteiger partial charge in [-0.3, -0.25) is 4.79 Å². The molecular weight excluding hydrogens is 277 g/mol. The van der Waals surface area contributed by atoms with E-state index in [9.17, 15) is 9.18 Å². The molecule has 1 aromatic carbocycles. The summed E-state index contributed by atoms with van der Waals surface area (Å²) in [5, 5.41) is 2.65. The second-order valence-electron chi connectivity index (χ2n) is 3.59. The molecule has 0 aliphatic rings. The third-order valence-electron chi connectivity index (χ3n) is 1.70. The second-order valence-corrected chi connectivity index (χ2v) is 4.50. The summed E-state index contributed by atoms with van der Waals surface area (Å²) in [4.78, 5) is 11.3. The molecule has 0 saturated carbocycles. The zero-order valence-corrected chi connectivity index (χ0v) is 10.7. The number of nitrogens with one attached hydrogen (secondary N) is 1. The van der Waals surface area contributed by atoms with E-state index < -0.39 is 5.82 Å². The lowest BCUT2D eigenvalue weighted by Crippen LogP contribution is -2.34. The summed E-state index contributed by atoms with van der Waals surface area (Å²) in [7, 11) is 0. The Morgan fingerprint density at radius 3 is 2.88 bits per heavy atom. The summed E-state index contributed by atoms with van der Waals surface area (Å²) in [6.45, 7) is 3.50. The normalized spacial score (nSPS) is 10.3. The molecule has 0 saturated heterocycles. The SMILES string of the molecule is CC(C)NC(=O)COc1cc(Br)ccc1F. The Kier molecular flexibility index (Phi) is 4.73. The van der Waals surface area contributed by atoms with E-state index in [1.807, 2.05) is 13.8 Å². The molecule has 0 atom stereocenters. The van der Waals surface area contributed by atoms with Crippen molar-refractivity contribution in [3.8, 4) is 5.75 Å². The Hall–Kier alpha value is -1.10. The van der Waals surface area contributed by atoms with Gasteiger partial charge >= 0.3 is 0 Å². The number of hydrogen-bond donors (Lipinski definition) is 1. The van der Waals surface area contributed by atoms with Crippen molar-refractivity contribution < 1.29 is 13.9 Å². The topological polar surface area (TPSA) is 38.3 Å². The molecule has 0 aromatic heterocycles. The highest BCUT2D eigenvalue weighted by molar-refractivity contribution is 9.10. The quantitative estimate of drug-likeness (QED) is 0.925. The maximum Gasteiger partial charge on any atom is 0.258 e. The lowest BCUT2D eigenvalue weighted by Gasteiger charge is -2.10. The van der Waals surface area contributed by atoms with Crippen LogP contribution in [0.2, 0.25) is 0 Å². The molecule has 0 spiro atoms. The average molecular weight is 290 g/mol. The van der Waals surface area contributed by atoms with Gasteiger partial charge in [0.25, 0.3) is 5.91 Å². The number of carbonyl (C=O) groups excluding carboxylic acids is 1. The van der Waals surface area contributed by atoms with Gasteiger partial charge in [-0.1, -0.05) is 15.9 Å². The summed E-state index contributed by atoms with van der Waals surface area (Å²) in [6, 6.07) is 4.37. The van der Waals surface area contributed by atoms with Crippen LogP contribution in [0.25, 0.3) is 0 Å². The molecule has 0 fully saturated rings. The first-order valence-electron chi connectivity index (χ1n) is 4.86. The Balaban J connectivity index is 2.54. The molecule has 0 bridgehead atoms. The van der Waals surface area contributed by atoms with Crippen molar-refractivity contribution in [2.75, 3.05) is 6.61 Å². The van der Waals surface area contributed by atoms with Gasteiger partial charge in [0.2, 0.25) is 0 Å². The van der Waals surface area contributed by atoms with Crippen LogP contribution in [0, 0.1) is 5.82 Å². The van der Waals surface area contributed by atoms with Gasteiger partial charge in [-0.15, -0.1) is 0 Å².